The second-order valence-electron chi connectivity index (χ2n) is 9.89. The summed E-state index contributed by atoms with van der Waals surface area (Å²) in [6.45, 7) is 12.7. The molecule has 35 heavy (non-hydrogen) atoms. The Balaban J connectivity index is 1.87. The molecule has 2 aliphatic heterocycles. The van der Waals surface area contributed by atoms with Gasteiger partial charge in [-0.1, -0.05) is 39.2 Å². The first-order valence-electron chi connectivity index (χ1n) is 12.2. The van der Waals surface area contributed by atoms with E-state index in [-0.39, 0.29) is 23.1 Å². The number of hydrogen-bond acceptors (Lipinski definition) is 6. The van der Waals surface area contributed by atoms with Crippen LogP contribution in [0.2, 0.25) is 0 Å². The Morgan fingerprint density at radius 2 is 1.20 bits per heavy atom. The monoisotopic (exact) mass is 476 g/mol. The Labute approximate surface area is 206 Å². The lowest BCUT2D eigenvalue weighted by atomic mass is 9.63. The van der Waals surface area contributed by atoms with Crippen LogP contribution in [-0.4, -0.2) is 49.6 Å². The molecule has 2 unspecified atom stereocenters. The second-order valence-corrected chi connectivity index (χ2v) is 9.89. The van der Waals surface area contributed by atoms with Crippen LogP contribution in [0.3, 0.4) is 0 Å². The Bertz CT molecular complexity index is 1050. The third kappa shape index (κ3) is 4.41. The Hall–Kier alpha value is -2.96. The predicted molar refractivity (Wildman–Crippen MR) is 132 cm³/mol. The summed E-state index contributed by atoms with van der Waals surface area (Å²) < 4.78 is 11.2. The van der Waals surface area contributed by atoms with Gasteiger partial charge in [-0.05, 0) is 49.0 Å². The van der Waals surface area contributed by atoms with Crippen molar-refractivity contribution >= 4 is 23.1 Å². The molecule has 0 spiro atoms. The molecule has 0 fully saturated rings. The number of hydrogen-bond donors (Lipinski definition) is 0. The smallest absolute Gasteiger partial charge is 0.182 e. The fourth-order valence-corrected chi connectivity index (χ4v) is 5.67. The first-order chi connectivity index (χ1) is 16.7. The number of fused-ring (bicyclic) bond motifs is 2. The maximum atomic E-state index is 13.8. The summed E-state index contributed by atoms with van der Waals surface area (Å²) in [6.07, 6.45) is 7.92. The van der Waals surface area contributed by atoms with Gasteiger partial charge in [-0.25, -0.2) is 0 Å². The van der Waals surface area contributed by atoms with Gasteiger partial charge in [0, 0.05) is 40.9 Å². The largest absolute Gasteiger partial charge is 0.381 e. The lowest BCUT2D eigenvalue weighted by molar-refractivity contribution is -0.123. The van der Waals surface area contributed by atoms with Crippen LogP contribution in [0.4, 0.5) is 0 Å². The standard InChI is InChI=1S/C29H32O6/c1-5-23(30)25-17-7-11-34-13-9-19(25)27(32)21(15-17)29(3,4)22-16-18-8-12-35-14-10-20(28(22)33)26(18)24(31)6-2/h5-6,15-16,19-20H,1-2,7-14H2,3-4H3. The van der Waals surface area contributed by atoms with E-state index in [1.54, 1.807) is 12.2 Å². The lowest BCUT2D eigenvalue weighted by Gasteiger charge is -2.39. The van der Waals surface area contributed by atoms with Crippen LogP contribution < -0.4 is 0 Å². The van der Waals surface area contributed by atoms with Crippen molar-refractivity contribution in [2.24, 2.45) is 17.3 Å². The van der Waals surface area contributed by atoms with E-state index < -0.39 is 17.3 Å². The third-order valence-corrected chi connectivity index (χ3v) is 7.57. The topological polar surface area (TPSA) is 86.7 Å². The van der Waals surface area contributed by atoms with Gasteiger partial charge in [-0.3, -0.25) is 19.2 Å². The summed E-state index contributed by atoms with van der Waals surface area (Å²) in [7, 11) is 0. The lowest BCUT2D eigenvalue weighted by Crippen LogP contribution is -2.40. The first kappa shape index (κ1) is 25.1. The van der Waals surface area contributed by atoms with E-state index in [9.17, 15) is 19.2 Å². The summed E-state index contributed by atoms with van der Waals surface area (Å²) in [5, 5.41) is 0. The zero-order chi connectivity index (χ0) is 25.3. The van der Waals surface area contributed by atoms with Gasteiger partial charge in [0.15, 0.2) is 23.1 Å². The Morgan fingerprint density at radius 3 is 1.57 bits per heavy atom. The highest BCUT2D eigenvalue weighted by atomic mass is 16.5. The fraction of sp³-hybridized carbons (Fsp3) is 0.448. The number of ether oxygens (including phenoxy) is 2. The van der Waals surface area contributed by atoms with E-state index >= 15 is 0 Å². The molecule has 0 aromatic heterocycles. The van der Waals surface area contributed by atoms with Gasteiger partial charge >= 0.3 is 0 Å². The summed E-state index contributed by atoms with van der Waals surface area (Å²) >= 11 is 0. The van der Waals surface area contributed by atoms with Crippen molar-refractivity contribution < 1.29 is 28.7 Å². The minimum atomic E-state index is -0.910. The Kier molecular flexibility index (Phi) is 7.15. The van der Waals surface area contributed by atoms with Crippen LogP contribution >= 0.6 is 0 Å². The van der Waals surface area contributed by atoms with Crippen LogP contribution in [0.25, 0.3) is 0 Å². The van der Waals surface area contributed by atoms with Crippen molar-refractivity contribution in [3.63, 3.8) is 0 Å². The normalized spacial score (nSPS) is 25.5. The molecule has 0 saturated heterocycles. The maximum Gasteiger partial charge on any atom is 0.182 e. The summed E-state index contributed by atoms with van der Waals surface area (Å²) in [4.78, 5) is 53.1. The van der Waals surface area contributed by atoms with Crippen molar-refractivity contribution in [2.75, 3.05) is 26.4 Å². The van der Waals surface area contributed by atoms with Crippen molar-refractivity contribution in [2.45, 2.75) is 39.5 Å². The van der Waals surface area contributed by atoms with Crippen LogP contribution in [0.15, 0.2) is 70.9 Å². The molecule has 4 rings (SSSR count). The summed E-state index contributed by atoms with van der Waals surface area (Å²) in [5.74, 6) is -2.03. The second kappa shape index (κ2) is 9.96. The van der Waals surface area contributed by atoms with Gasteiger partial charge in [-0.2, -0.15) is 0 Å². The minimum absolute atomic E-state index is 0.159. The predicted octanol–water partition coefficient (Wildman–Crippen LogP) is 3.99. The zero-order valence-electron chi connectivity index (χ0n) is 20.5. The number of carbonyl (C=O) groups is 4. The number of rotatable bonds is 6. The molecule has 184 valence electrons. The molecule has 0 N–H and O–H groups in total. The van der Waals surface area contributed by atoms with E-state index in [1.807, 2.05) is 13.8 Å². The number of Topliss-reactive ketones (excluding diaryl/α,β-unsaturated/α-hetero) is 2. The Morgan fingerprint density at radius 1 is 0.800 bits per heavy atom. The molecule has 0 amide bonds. The number of allylic oxidation sites excluding steroid dienone is 8. The van der Waals surface area contributed by atoms with Gasteiger partial charge in [-0.15, -0.1) is 0 Å². The summed E-state index contributed by atoms with van der Waals surface area (Å²) in [6, 6.07) is 0. The molecule has 0 aromatic carbocycles. The molecule has 0 radical (unpaired) electrons. The summed E-state index contributed by atoms with van der Waals surface area (Å²) in [5.41, 5.74) is 2.67. The minimum Gasteiger partial charge on any atom is -0.381 e. The molecule has 4 aliphatic rings. The van der Waals surface area contributed by atoms with E-state index in [0.29, 0.717) is 74.4 Å². The molecule has 2 atom stereocenters. The molecule has 4 bridgehead atoms. The van der Waals surface area contributed by atoms with Crippen molar-refractivity contribution in [3.8, 4) is 0 Å². The zero-order valence-corrected chi connectivity index (χ0v) is 20.5. The molecular formula is C29H32O6. The van der Waals surface area contributed by atoms with Gasteiger partial charge in [0.1, 0.15) is 0 Å². The fourth-order valence-electron chi connectivity index (χ4n) is 5.67. The highest BCUT2D eigenvalue weighted by Gasteiger charge is 2.46. The van der Waals surface area contributed by atoms with Crippen molar-refractivity contribution in [1.29, 1.82) is 0 Å². The maximum absolute atomic E-state index is 13.8. The van der Waals surface area contributed by atoms with Crippen LogP contribution in [0.1, 0.15) is 39.5 Å². The van der Waals surface area contributed by atoms with Gasteiger partial charge in [0.25, 0.3) is 0 Å². The van der Waals surface area contributed by atoms with Crippen LogP contribution in [0.5, 0.6) is 0 Å². The van der Waals surface area contributed by atoms with Gasteiger partial charge < -0.3 is 9.47 Å². The quantitative estimate of drug-likeness (QED) is 0.539. The highest BCUT2D eigenvalue weighted by Crippen LogP contribution is 2.47. The van der Waals surface area contributed by atoms with Gasteiger partial charge in [0.05, 0.1) is 25.0 Å². The van der Waals surface area contributed by atoms with Crippen LogP contribution in [-0.2, 0) is 28.7 Å². The average molecular weight is 477 g/mol. The highest BCUT2D eigenvalue weighted by molar-refractivity contribution is 6.17. The molecule has 2 aliphatic carbocycles. The molecule has 0 saturated carbocycles. The molecule has 6 nitrogen and oxygen atoms in total. The van der Waals surface area contributed by atoms with E-state index in [0.717, 1.165) is 11.1 Å². The third-order valence-electron chi connectivity index (χ3n) is 7.57. The van der Waals surface area contributed by atoms with Crippen molar-refractivity contribution in [1.82, 2.24) is 0 Å². The van der Waals surface area contributed by atoms with Gasteiger partial charge in [0.2, 0.25) is 0 Å². The molecular weight excluding hydrogens is 444 g/mol. The van der Waals surface area contributed by atoms with E-state index in [4.69, 9.17) is 9.47 Å². The molecule has 6 heteroatoms. The average Bonchev–Trinajstić information content (AvgIpc) is 2.81. The van der Waals surface area contributed by atoms with E-state index in [2.05, 4.69) is 13.2 Å². The van der Waals surface area contributed by atoms with Crippen LogP contribution in [0, 0.1) is 17.3 Å². The first-order valence-corrected chi connectivity index (χ1v) is 12.2. The number of carbonyl (C=O) groups excluding carboxylic acids is 4. The number of ketones is 4. The van der Waals surface area contributed by atoms with E-state index in [1.165, 1.54) is 12.2 Å². The molecule has 2 heterocycles. The van der Waals surface area contributed by atoms with Crippen molar-refractivity contribution in [3.05, 3.63) is 70.9 Å². The molecule has 0 aromatic rings. The SMILES string of the molecule is C=CC(=O)C1=C2C=C(C(C)(C)C3=CC4=C(C(=O)C=C)C(CCOCC4)C3=O)C(=O)C1CCOCC2.